The van der Waals surface area contributed by atoms with Gasteiger partial charge >= 0.3 is 17.9 Å². The summed E-state index contributed by atoms with van der Waals surface area (Å²) in [6.07, 6.45) is -57.4. The van der Waals surface area contributed by atoms with Crippen molar-refractivity contribution < 1.29 is 216 Å². The first-order valence-corrected chi connectivity index (χ1v) is 45.3. The third-order valence-electron chi connectivity index (χ3n) is 22.2. The normalized spacial score (nSPS) is 38.7. The zero-order valence-corrected chi connectivity index (χ0v) is 78.6. The third kappa shape index (κ3) is 33.3. The quantitative estimate of drug-likeness (QED) is 0.0254. The Morgan fingerprint density at radius 2 is 0.594 bits per heavy atom. The molecule has 8 aliphatic rings. The molecule has 50 heteroatoms. The van der Waals surface area contributed by atoms with Crippen LogP contribution in [-0.2, 0) is 124 Å². The Morgan fingerprint density at radius 1 is 0.316 bits per heavy atom. The van der Waals surface area contributed by atoms with Crippen molar-refractivity contribution in [3.05, 3.63) is 0 Å². The number of carboxylic acid groups (broad SMARTS) is 3. The van der Waals surface area contributed by atoms with Gasteiger partial charge in [0, 0.05) is 61.4 Å². The summed E-state index contributed by atoms with van der Waals surface area (Å²) in [6, 6.07) is -5.71. The first-order valence-electron chi connectivity index (χ1n) is 45.3. The number of hydrogen-bond acceptors (Lipinski definition) is 41. The van der Waals surface area contributed by atoms with Crippen LogP contribution < -0.4 is 31.9 Å². The van der Waals surface area contributed by atoms with Crippen molar-refractivity contribution in [1.82, 2.24) is 31.9 Å². The van der Waals surface area contributed by atoms with E-state index in [4.69, 9.17) is 80.5 Å². The molecule has 0 bridgehead atoms. The lowest BCUT2D eigenvalue weighted by Crippen LogP contribution is -2.70. The number of ether oxygens (including phenoxy) is 17. The van der Waals surface area contributed by atoms with E-state index in [1.807, 2.05) is 62.3 Å². The second kappa shape index (κ2) is 60.7. The molecule has 8 aliphatic heterocycles. The molecule has 8 rings (SSSR count). The molecule has 0 aliphatic carbocycles. The first kappa shape index (κ1) is 121. The second-order valence-corrected chi connectivity index (χ2v) is 31.5. The van der Waals surface area contributed by atoms with Crippen molar-refractivity contribution >= 4 is 53.4 Å². The molecule has 776 valence electrons. The van der Waals surface area contributed by atoms with Gasteiger partial charge in [-0.3, -0.25) is 28.8 Å². The number of methoxy groups -OCH3 is 2. The Labute approximate surface area is 772 Å². The number of carbonyl (C=O) groups excluding carboxylic acids is 6. The van der Waals surface area contributed by atoms with Gasteiger partial charge in [-0.25, -0.2) is 14.4 Å². The summed E-state index contributed by atoms with van der Waals surface area (Å²) in [5, 5.41) is 210. The van der Waals surface area contributed by atoms with Gasteiger partial charge in [-0.05, 0) is 26.7 Å². The molecular formula is C83H150N6O44. The lowest BCUT2D eigenvalue weighted by molar-refractivity contribution is -0.366. The summed E-state index contributed by atoms with van der Waals surface area (Å²) >= 11 is 0. The summed E-state index contributed by atoms with van der Waals surface area (Å²) in [7, 11) is 2.23. The van der Waals surface area contributed by atoms with Crippen LogP contribution in [0.1, 0.15) is 169 Å². The number of unbranched alkanes of at least 4 members (excludes halogenated alkanes) is 6. The molecule has 0 aromatic rings. The van der Waals surface area contributed by atoms with Crippen molar-refractivity contribution in [2.75, 3.05) is 60.3 Å². The van der Waals surface area contributed by atoms with E-state index in [1.54, 1.807) is 0 Å². The Hall–Kier alpha value is -6.05. The average Bonchev–Trinajstić information content (AvgIpc) is 0.765. The van der Waals surface area contributed by atoms with Crippen molar-refractivity contribution in [2.45, 2.75) is 414 Å². The van der Waals surface area contributed by atoms with E-state index in [0.29, 0.717) is 13.0 Å². The maximum Gasteiger partial charge on any atom is 0.335 e. The van der Waals surface area contributed by atoms with E-state index in [2.05, 4.69) is 38.8 Å². The van der Waals surface area contributed by atoms with Crippen LogP contribution in [0.2, 0.25) is 0 Å². The minimum absolute atomic E-state index is 0.0114. The van der Waals surface area contributed by atoms with E-state index in [1.165, 1.54) is 34.8 Å². The predicted molar refractivity (Wildman–Crippen MR) is 453 cm³/mol. The van der Waals surface area contributed by atoms with Gasteiger partial charge in [0.2, 0.25) is 29.5 Å². The Balaban J connectivity index is 0.000000639. The molecule has 6 amide bonds. The number of aliphatic hydroxyl groups is 15. The predicted octanol–water partition coefficient (Wildman–Crippen LogP) is -7.28. The van der Waals surface area contributed by atoms with Gasteiger partial charge in [0.1, 0.15) is 159 Å². The fourth-order valence-corrected chi connectivity index (χ4v) is 15.7. The molecule has 8 heterocycles. The largest absolute Gasteiger partial charge is 0.479 e. The number of aliphatic carboxylic acids is 3. The summed E-state index contributed by atoms with van der Waals surface area (Å²) in [4.78, 5) is 112. The van der Waals surface area contributed by atoms with Crippen LogP contribution >= 0.6 is 0 Å². The minimum atomic E-state index is -2.25. The highest BCUT2D eigenvalue weighted by Gasteiger charge is 2.61. The molecular weight excluding hydrogens is 1780 g/mol. The third-order valence-corrected chi connectivity index (χ3v) is 22.2. The number of carbonyl (C=O) groups is 9. The molecule has 0 aromatic heterocycles. The molecule has 40 atom stereocenters. The van der Waals surface area contributed by atoms with Crippen molar-refractivity contribution in [3.8, 4) is 0 Å². The highest BCUT2D eigenvalue weighted by molar-refractivity contribution is 5.82. The monoisotopic (exact) mass is 1930 g/mol. The molecule has 40 unspecified atom stereocenters. The Bertz CT molecular complexity index is 3410. The molecule has 8 fully saturated rings. The maximum atomic E-state index is 13.2. The second-order valence-electron chi connectivity index (χ2n) is 31.5. The van der Waals surface area contributed by atoms with Crippen molar-refractivity contribution in [2.24, 2.45) is 0 Å². The summed E-state index contributed by atoms with van der Waals surface area (Å²) in [6.45, 7) is 25.4. The van der Waals surface area contributed by atoms with Crippen LogP contribution in [0.5, 0.6) is 0 Å². The van der Waals surface area contributed by atoms with Gasteiger partial charge in [-0.15, -0.1) is 0 Å². The van der Waals surface area contributed by atoms with Gasteiger partial charge < -0.3 is 204 Å². The first-order chi connectivity index (χ1) is 63.1. The van der Waals surface area contributed by atoms with Crippen LogP contribution in [-0.4, -0.2) is 451 Å². The number of amides is 6. The minimum Gasteiger partial charge on any atom is -0.479 e. The zero-order chi connectivity index (χ0) is 101. The molecule has 0 aromatic carbocycles. The Morgan fingerprint density at radius 3 is 0.917 bits per heavy atom. The number of carboxylic acids is 3. The molecule has 0 spiro atoms. The highest BCUT2D eigenvalue weighted by atomic mass is 16.8. The lowest BCUT2D eigenvalue weighted by atomic mass is 9.92. The van der Waals surface area contributed by atoms with Crippen LogP contribution in [0.15, 0.2) is 0 Å². The lowest BCUT2D eigenvalue weighted by Gasteiger charge is -2.50. The van der Waals surface area contributed by atoms with Gasteiger partial charge in [-0.2, -0.15) is 0 Å². The van der Waals surface area contributed by atoms with E-state index in [9.17, 15) is 135 Å². The number of rotatable bonds is 40. The van der Waals surface area contributed by atoms with Gasteiger partial charge in [0.15, 0.2) is 62.2 Å². The topological polar surface area (TPSA) is 747 Å². The standard InChI is InChI=1S/C39H65N3O23.C36H61N3O21.4C2H6/c1-6-7-8-9-11-40-20(46)10-12-58-14-19-24(48)29(21(15(2)59-19)41-16(3)44)61-39-28(52)26(50)32(34(65-39)36(55)56)63-37-22(42-17(4)45)30(23(47)18(13-43)60-37)62-38-27(51)25(49)31(57-5)33(64-38)35(53)54;1-6-7-8-9-10-37-32(50)30-28(53-5)22(46)24(48)35(59-30)57-27-19(39-15(4)43)34(55-17(12-41)21(27)45)58-29-23(47)25(49)36(60-31(29)33(51)52)56-26-18(38-14(3)42)13(2)54-16(11-40)20(26)44;4*1-2/h15,18-19,21-34,37-39,43,47-52H,6-14H2,1-5H3,(H,40,46)(H,41,44)(H,42,45)(H,53,54)(H,55,56);13,16-31,34-36,40-41,44-49H,6-12H2,1-5H3,(H,37,50)(H,38,42)(H,39,43)(H,51,52);4*1-2H3. The average molecular weight is 1940 g/mol. The molecule has 0 radical (unpaired) electrons. The van der Waals surface area contributed by atoms with Crippen molar-refractivity contribution in [1.29, 1.82) is 0 Å². The maximum absolute atomic E-state index is 13.2. The van der Waals surface area contributed by atoms with E-state index < -0.39 is 312 Å². The fraction of sp³-hybridized carbons (Fsp3) is 0.892. The van der Waals surface area contributed by atoms with E-state index in [-0.39, 0.29) is 32.1 Å². The van der Waals surface area contributed by atoms with Crippen LogP contribution in [0.25, 0.3) is 0 Å². The number of aliphatic hydroxyl groups excluding tert-OH is 15. The summed E-state index contributed by atoms with van der Waals surface area (Å²) < 4.78 is 96.4. The number of nitrogens with one attached hydrogen (secondary N) is 6. The Kier molecular flexibility index (Phi) is 55.3. The van der Waals surface area contributed by atoms with Crippen molar-refractivity contribution in [3.63, 3.8) is 0 Å². The number of hydrogen-bond donors (Lipinski definition) is 24. The SMILES string of the molecule is CC.CC.CC.CC.CCCCCCNC(=O)C1OC(OC2C(O)C(CO)OC(OC3C(C(=O)O)OC(OC4C(O)C(CO)OC(C)C4NC(C)=O)C(O)C3O)C2NC(C)=O)C(O)C(O)C1OC.CCCCCCNC(=O)CCOCC1OC(C)C(NC(C)=O)C(OC2OC(C(=O)O)C(OC3OC(CO)C(O)C(OC4OC(C(=O)O)C(OC)C(O)C4O)C3NC(C)=O)C(O)C2O)C1O. The molecule has 8 saturated heterocycles. The molecule has 0 saturated carbocycles. The summed E-state index contributed by atoms with van der Waals surface area (Å²) in [5.41, 5.74) is 0. The smallest absolute Gasteiger partial charge is 0.335 e. The van der Waals surface area contributed by atoms with Gasteiger partial charge in [0.25, 0.3) is 5.91 Å². The fourth-order valence-electron chi connectivity index (χ4n) is 15.7. The molecule has 133 heavy (non-hydrogen) atoms. The molecule has 24 N–H and O–H groups in total. The highest BCUT2D eigenvalue weighted by Crippen LogP contribution is 2.39. The van der Waals surface area contributed by atoms with Gasteiger partial charge in [-0.1, -0.05) is 108 Å². The van der Waals surface area contributed by atoms with Crippen LogP contribution in [0.3, 0.4) is 0 Å². The summed E-state index contributed by atoms with van der Waals surface area (Å²) in [5.74, 6) is -8.97. The van der Waals surface area contributed by atoms with Crippen LogP contribution in [0, 0.1) is 0 Å². The zero-order valence-electron chi connectivity index (χ0n) is 78.6. The van der Waals surface area contributed by atoms with E-state index >= 15 is 0 Å². The van der Waals surface area contributed by atoms with E-state index in [0.717, 1.165) is 65.9 Å². The van der Waals surface area contributed by atoms with Crippen LogP contribution in [0.4, 0.5) is 0 Å². The molecule has 50 nitrogen and oxygen atoms in total. The van der Waals surface area contributed by atoms with Gasteiger partial charge in [0.05, 0.1) is 57.3 Å².